The lowest BCUT2D eigenvalue weighted by molar-refractivity contribution is 0.311. The highest BCUT2D eigenvalue weighted by Crippen LogP contribution is 2.32. The van der Waals surface area contributed by atoms with Gasteiger partial charge in [0.2, 0.25) is 5.95 Å². The van der Waals surface area contributed by atoms with Gasteiger partial charge in [0.25, 0.3) is 0 Å². The lowest BCUT2D eigenvalue weighted by Gasteiger charge is -2.31. The number of aromatic nitrogens is 6. The van der Waals surface area contributed by atoms with Crippen molar-refractivity contribution < 1.29 is 5.11 Å². The molecule has 0 bridgehead atoms. The molecule has 0 aliphatic carbocycles. The third-order valence-electron chi connectivity index (χ3n) is 5.63. The van der Waals surface area contributed by atoms with Gasteiger partial charge in [0.05, 0.1) is 23.8 Å². The van der Waals surface area contributed by atoms with Crippen LogP contribution in [0.4, 0.5) is 5.95 Å². The van der Waals surface area contributed by atoms with E-state index in [0.29, 0.717) is 17.2 Å². The van der Waals surface area contributed by atoms with Gasteiger partial charge in [0, 0.05) is 37.3 Å². The van der Waals surface area contributed by atoms with Crippen molar-refractivity contribution in [3.8, 4) is 28.3 Å². The number of imidazole rings is 1. The van der Waals surface area contributed by atoms with Gasteiger partial charge >= 0.3 is 0 Å². The minimum Gasteiger partial charge on any atom is -0.507 e. The number of phenolic OH excluding ortho intramolecular Hbond substituents is 1. The maximum absolute atomic E-state index is 10.7. The first-order valence-corrected chi connectivity index (χ1v) is 10.3. The van der Waals surface area contributed by atoms with Gasteiger partial charge in [-0.25, -0.2) is 14.5 Å². The van der Waals surface area contributed by atoms with Crippen molar-refractivity contribution in [1.82, 2.24) is 34.7 Å². The van der Waals surface area contributed by atoms with Gasteiger partial charge in [-0.2, -0.15) is 5.10 Å². The molecule has 0 atom stereocenters. The first-order chi connectivity index (χ1) is 15.0. The van der Waals surface area contributed by atoms with E-state index in [1.54, 1.807) is 16.8 Å². The Bertz CT molecular complexity index is 1240. The molecule has 31 heavy (non-hydrogen) atoms. The van der Waals surface area contributed by atoms with Gasteiger partial charge < -0.3 is 14.9 Å². The largest absolute Gasteiger partial charge is 0.507 e. The van der Waals surface area contributed by atoms with Crippen molar-refractivity contribution in [2.75, 3.05) is 38.1 Å². The van der Waals surface area contributed by atoms with Crippen LogP contribution in [0, 0.1) is 13.8 Å². The molecule has 1 N–H and O–H groups in total. The molecule has 158 valence electrons. The zero-order chi connectivity index (χ0) is 21.5. The van der Waals surface area contributed by atoms with Crippen LogP contribution in [0.25, 0.3) is 28.2 Å². The molecule has 3 aromatic heterocycles. The summed E-state index contributed by atoms with van der Waals surface area (Å²) in [5.74, 6) is 0.735. The molecule has 0 unspecified atom stereocenters. The number of nitrogens with zero attached hydrogens (tertiary/aromatic N) is 8. The Labute approximate surface area is 180 Å². The van der Waals surface area contributed by atoms with E-state index in [1.165, 1.54) is 0 Å². The highest BCUT2D eigenvalue weighted by Gasteiger charge is 2.18. The highest BCUT2D eigenvalue weighted by atomic mass is 16.3. The Kier molecular flexibility index (Phi) is 4.74. The molecule has 1 aliphatic rings. The Morgan fingerprint density at radius 3 is 2.48 bits per heavy atom. The molecule has 1 saturated heterocycles. The third-order valence-corrected chi connectivity index (χ3v) is 5.63. The number of anilines is 1. The standard InChI is InChI=1S/C22H24N8O/c1-14-10-18(27-30-13-15(2)24-21(14)30)16-4-5-17(20(31)11-16)19-12-23-22(26-25-19)29-8-6-28(3)7-9-29/h4-5,10-13,31H,6-9H2,1-3H3. The fraction of sp³-hybridized carbons (Fsp3) is 0.318. The number of likely N-dealkylation sites (N-methyl/N-ethyl adjacent to an activating group) is 1. The molecule has 0 saturated carbocycles. The molecule has 4 aromatic rings. The Hall–Kier alpha value is -3.59. The van der Waals surface area contributed by atoms with Crippen LogP contribution in [0.5, 0.6) is 5.75 Å². The molecule has 1 fully saturated rings. The lowest BCUT2D eigenvalue weighted by atomic mass is 10.0. The molecule has 4 heterocycles. The summed E-state index contributed by atoms with van der Waals surface area (Å²) in [5, 5.41) is 23.9. The summed E-state index contributed by atoms with van der Waals surface area (Å²) in [6.45, 7) is 7.66. The first kappa shape index (κ1) is 19.4. The zero-order valence-corrected chi connectivity index (χ0v) is 17.8. The van der Waals surface area contributed by atoms with Crippen LogP contribution in [0.15, 0.2) is 36.7 Å². The second kappa shape index (κ2) is 7.59. The quantitative estimate of drug-likeness (QED) is 0.544. The second-order valence-electron chi connectivity index (χ2n) is 8.03. The number of aromatic hydroxyl groups is 1. The number of benzene rings is 1. The summed E-state index contributed by atoms with van der Waals surface area (Å²) in [6.07, 6.45) is 3.56. The predicted octanol–water partition coefficient (Wildman–Crippen LogP) is 2.32. The van der Waals surface area contributed by atoms with Crippen LogP contribution in [-0.4, -0.2) is 73.0 Å². The normalized spacial score (nSPS) is 15.0. The topological polar surface area (TPSA) is 95.6 Å². The number of fused-ring (bicyclic) bond motifs is 1. The zero-order valence-electron chi connectivity index (χ0n) is 17.8. The van der Waals surface area contributed by atoms with Crippen LogP contribution in [-0.2, 0) is 0 Å². The van der Waals surface area contributed by atoms with Crippen LogP contribution in [0.1, 0.15) is 11.3 Å². The molecule has 0 amide bonds. The second-order valence-corrected chi connectivity index (χ2v) is 8.03. The van der Waals surface area contributed by atoms with E-state index in [4.69, 9.17) is 0 Å². The molecule has 1 aliphatic heterocycles. The molecule has 0 spiro atoms. The fourth-order valence-corrected chi connectivity index (χ4v) is 3.84. The summed E-state index contributed by atoms with van der Waals surface area (Å²) in [5.41, 5.74) is 5.47. The molecular weight excluding hydrogens is 392 g/mol. The van der Waals surface area contributed by atoms with E-state index in [0.717, 1.165) is 54.3 Å². The van der Waals surface area contributed by atoms with Crippen LogP contribution in [0.3, 0.4) is 0 Å². The summed E-state index contributed by atoms with van der Waals surface area (Å²) < 4.78 is 1.78. The average molecular weight is 416 g/mol. The van der Waals surface area contributed by atoms with Crippen LogP contribution >= 0.6 is 0 Å². The fourth-order valence-electron chi connectivity index (χ4n) is 3.84. The summed E-state index contributed by atoms with van der Waals surface area (Å²) >= 11 is 0. The summed E-state index contributed by atoms with van der Waals surface area (Å²) in [6, 6.07) is 7.42. The van der Waals surface area contributed by atoms with E-state index < -0.39 is 0 Å². The SMILES string of the molecule is Cc1cn2nc(-c3ccc(-c4cnc(N5CCN(C)CC5)nn4)c(O)c3)cc(C)c2n1. The van der Waals surface area contributed by atoms with Crippen molar-refractivity contribution >= 4 is 11.6 Å². The molecule has 9 heteroatoms. The maximum atomic E-state index is 10.7. The number of rotatable bonds is 3. The van der Waals surface area contributed by atoms with Gasteiger partial charge in [-0.3, -0.25) is 0 Å². The van der Waals surface area contributed by atoms with E-state index in [1.807, 2.05) is 38.2 Å². The van der Waals surface area contributed by atoms with Crippen LogP contribution in [0.2, 0.25) is 0 Å². The van der Waals surface area contributed by atoms with Gasteiger partial charge in [0.15, 0.2) is 5.65 Å². The molecule has 1 aromatic carbocycles. The van der Waals surface area contributed by atoms with E-state index in [-0.39, 0.29) is 5.75 Å². The van der Waals surface area contributed by atoms with Gasteiger partial charge in [0.1, 0.15) is 11.4 Å². The summed E-state index contributed by atoms with van der Waals surface area (Å²) in [7, 11) is 2.11. The van der Waals surface area contributed by atoms with E-state index in [9.17, 15) is 5.11 Å². The van der Waals surface area contributed by atoms with Crippen LogP contribution < -0.4 is 4.90 Å². The van der Waals surface area contributed by atoms with Crippen molar-refractivity contribution in [3.63, 3.8) is 0 Å². The van der Waals surface area contributed by atoms with E-state index >= 15 is 0 Å². The molecule has 5 rings (SSSR count). The lowest BCUT2D eigenvalue weighted by Crippen LogP contribution is -2.45. The number of hydrogen-bond donors (Lipinski definition) is 1. The van der Waals surface area contributed by atoms with Crippen molar-refractivity contribution in [2.45, 2.75) is 13.8 Å². The Balaban J connectivity index is 1.42. The van der Waals surface area contributed by atoms with Crippen molar-refractivity contribution in [3.05, 3.63) is 47.9 Å². The smallest absolute Gasteiger partial charge is 0.245 e. The number of piperazine rings is 1. The maximum Gasteiger partial charge on any atom is 0.245 e. The van der Waals surface area contributed by atoms with Gasteiger partial charge in [-0.15, -0.1) is 10.2 Å². The van der Waals surface area contributed by atoms with Gasteiger partial charge in [-0.05, 0) is 44.7 Å². The molecule has 9 nitrogen and oxygen atoms in total. The Morgan fingerprint density at radius 1 is 0.968 bits per heavy atom. The minimum atomic E-state index is 0.113. The number of aryl methyl sites for hydroxylation is 2. The summed E-state index contributed by atoms with van der Waals surface area (Å²) in [4.78, 5) is 13.4. The average Bonchev–Trinajstić information content (AvgIpc) is 3.15. The number of hydrogen-bond acceptors (Lipinski definition) is 8. The van der Waals surface area contributed by atoms with Crippen molar-refractivity contribution in [2.24, 2.45) is 0 Å². The number of phenols is 1. The molecule has 0 radical (unpaired) electrons. The van der Waals surface area contributed by atoms with E-state index in [2.05, 4.69) is 42.1 Å². The highest BCUT2D eigenvalue weighted by molar-refractivity contribution is 5.73. The van der Waals surface area contributed by atoms with Gasteiger partial charge in [-0.1, -0.05) is 6.07 Å². The molecular formula is C22H24N8O. The van der Waals surface area contributed by atoms with Crippen molar-refractivity contribution in [1.29, 1.82) is 0 Å². The predicted molar refractivity (Wildman–Crippen MR) is 118 cm³/mol. The first-order valence-electron chi connectivity index (χ1n) is 10.3. The Morgan fingerprint density at radius 2 is 1.77 bits per heavy atom. The third kappa shape index (κ3) is 3.68. The minimum absolute atomic E-state index is 0.113. The monoisotopic (exact) mass is 416 g/mol.